The fourth-order valence-electron chi connectivity index (χ4n) is 3.22. The highest BCUT2D eigenvalue weighted by Gasteiger charge is 2.17. The van der Waals surface area contributed by atoms with Crippen molar-refractivity contribution in [2.45, 2.75) is 19.1 Å². The van der Waals surface area contributed by atoms with Gasteiger partial charge < -0.3 is 14.1 Å². The zero-order chi connectivity index (χ0) is 21.4. The van der Waals surface area contributed by atoms with Gasteiger partial charge >= 0.3 is 5.97 Å². The Hall–Kier alpha value is -3.03. The van der Waals surface area contributed by atoms with Crippen molar-refractivity contribution in [3.8, 4) is 5.69 Å². The predicted molar refractivity (Wildman–Crippen MR) is 116 cm³/mol. The van der Waals surface area contributed by atoms with Crippen LogP contribution in [-0.4, -0.2) is 20.6 Å². The van der Waals surface area contributed by atoms with E-state index in [1.165, 1.54) is 12.1 Å². The van der Waals surface area contributed by atoms with Crippen molar-refractivity contribution in [3.05, 3.63) is 81.2 Å². The van der Waals surface area contributed by atoms with E-state index in [1.54, 1.807) is 24.3 Å². The van der Waals surface area contributed by atoms with Crippen molar-refractivity contribution in [2.75, 3.05) is 0 Å². The van der Waals surface area contributed by atoms with Crippen molar-refractivity contribution in [1.29, 1.82) is 0 Å². The summed E-state index contributed by atoms with van der Waals surface area (Å²) in [5.74, 6) is -1.58. The smallest absolute Gasteiger partial charge is 0.342 e. The van der Waals surface area contributed by atoms with Gasteiger partial charge in [0.05, 0.1) is 5.02 Å². The molecule has 4 rings (SSSR count). The highest BCUT2D eigenvalue weighted by atomic mass is 35.5. The summed E-state index contributed by atoms with van der Waals surface area (Å²) in [5, 5.41) is 9.97. The van der Waals surface area contributed by atoms with Crippen LogP contribution in [0.5, 0.6) is 0 Å². The Labute approximate surface area is 180 Å². The third kappa shape index (κ3) is 3.86. The fourth-order valence-corrected chi connectivity index (χ4v) is 4.13. The maximum Gasteiger partial charge on any atom is 0.342 e. The third-order valence-electron chi connectivity index (χ3n) is 4.60. The van der Waals surface area contributed by atoms with E-state index in [1.807, 2.05) is 36.6 Å². The van der Waals surface area contributed by atoms with Crippen molar-refractivity contribution in [2.24, 2.45) is 0 Å². The Bertz CT molecular complexity index is 1280. The zero-order valence-electron chi connectivity index (χ0n) is 16.0. The van der Waals surface area contributed by atoms with Gasteiger partial charge in [-0.15, -0.1) is 0 Å². The average Bonchev–Trinajstić information content (AvgIpc) is 3.23. The van der Waals surface area contributed by atoms with Gasteiger partial charge in [-0.25, -0.2) is 14.2 Å². The summed E-state index contributed by atoms with van der Waals surface area (Å²) in [6.07, 6.45) is 1.58. The Balaban J connectivity index is 1.72. The van der Waals surface area contributed by atoms with Gasteiger partial charge in [0, 0.05) is 17.1 Å². The number of thioether (sulfide) groups is 1. The van der Waals surface area contributed by atoms with Gasteiger partial charge in [-0.1, -0.05) is 23.7 Å². The van der Waals surface area contributed by atoms with Crippen molar-refractivity contribution < 1.29 is 18.7 Å². The molecule has 1 N–H and O–H groups in total. The maximum atomic E-state index is 13.5. The molecule has 8 heteroatoms. The molecule has 0 amide bonds. The summed E-state index contributed by atoms with van der Waals surface area (Å²) in [5.41, 5.74) is 4.32. The normalized spacial score (nSPS) is 11.9. The first-order valence-electron chi connectivity index (χ1n) is 8.96. The van der Waals surface area contributed by atoms with E-state index in [0.717, 1.165) is 23.1 Å². The second-order valence-electron chi connectivity index (χ2n) is 6.62. The lowest BCUT2D eigenvalue weighted by Crippen LogP contribution is -2.00. The number of para-hydroxylation sites is 2. The summed E-state index contributed by atoms with van der Waals surface area (Å²) in [4.78, 5) is 16.2. The van der Waals surface area contributed by atoms with E-state index < -0.39 is 11.8 Å². The van der Waals surface area contributed by atoms with E-state index in [9.17, 15) is 14.3 Å². The molecule has 0 atom stereocenters. The number of aryl methyl sites for hydroxylation is 1. The SMILES string of the molecule is Cc1cc(/C=C(\Sc2nc3ccccc3o2)C(=O)O)c(C)n1-c1ccc(F)c(Cl)c1. The van der Waals surface area contributed by atoms with Crippen LogP contribution in [0.15, 0.2) is 63.1 Å². The topological polar surface area (TPSA) is 68.3 Å². The maximum absolute atomic E-state index is 13.5. The molecule has 2 aromatic carbocycles. The van der Waals surface area contributed by atoms with Gasteiger partial charge in [0.1, 0.15) is 16.2 Å². The summed E-state index contributed by atoms with van der Waals surface area (Å²) in [6.45, 7) is 3.75. The molecular weight excluding hydrogens is 427 g/mol. The van der Waals surface area contributed by atoms with Crippen molar-refractivity contribution >= 4 is 46.5 Å². The number of benzene rings is 2. The molecule has 0 aliphatic carbocycles. The van der Waals surface area contributed by atoms with Crippen molar-refractivity contribution in [1.82, 2.24) is 9.55 Å². The lowest BCUT2D eigenvalue weighted by molar-refractivity contribution is -0.131. The Morgan fingerprint density at radius 3 is 2.70 bits per heavy atom. The second kappa shape index (κ2) is 8.01. The number of carboxylic acids is 1. The van der Waals surface area contributed by atoms with Gasteiger partial charge in [0.15, 0.2) is 5.58 Å². The number of rotatable bonds is 5. The fraction of sp³-hybridized carbons (Fsp3) is 0.0909. The predicted octanol–water partition coefficient (Wildman–Crippen LogP) is 6.25. The van der Waals surface area contributed by atoms with Gasteiger partial charge in [-0.2, -0.15) is 0 Å². The minimum absolute atomic E-state index is 0.0230. The number of halogens is 2. The second-order valence-corrected chi connectivity index (χ2v) is 8.02. The number of hydrogen-bond donors (Lipinski definition) is 1. The molecule has 0 unspecified atom stereocenters. The monoisotopic (exact) mass is 442 g/mol. The average molecular weight is 443 g/mol. The van der Waals surface area contributed by atoms with Crippen LogP contribution in [0, 0.1) is 19.7 Å². The standard InChI is InChI=1S/C22H16ClFN2O3S/c1-12-9-14(13(2)26(12)15-7-8-17(24)16(23)11-15)10-20(21(27)28)30-22-25-18-5-3-4-6-19(18)29-22/h3-11H,1-2H3,(H,27,28)/b20-10-. The van der Waals surface area contributed by atoms with Crippen LogP contribution < -0.4 is 0 Å². The molecule has 2 aromatic heterocycles. The van der Waals surface area contributed by atoms with E-state index in [0.29, 0.717) is 22.4 Å². The lowest BCUT2D eigenvalue weighted by atomic mass is 10.2. The molecule has 0 aliphatic rings. The molecule has 0 aliphatic heterocycles. The summed E-state index contributed by atoms with van der Waals surface area (Å²) in [7, 11) is 0. The highest BCUT2D eigenvalue weighted by molar-refractivity contribution is 8.03. The lowest BCUT2D eigenvalue weighted by Gasteiger charge is -2.10. The molecule has 0 saturated carbocycles. The first-order valence-corrected chi connectivity index (χ1v) is 10.2. The molecular formula is C22H16ClFN2O3S. The Morgan fingerprint density at radius 2 is 2.00 bits per heavy atom. The quantitative estimate of drug-likeness (QED) is 0.292. The summed E-state index contributed by atoms with van der Waals surface area (Å²) >= 11 is 6.87. The molecule has 0 spiro atoms. The van der Waals surface area contributed by atoms with E-state index >= 15 is 0 Å². The zero-order valence-corrected chi connectivity index (χ0v) is 17.6. The number of aliphatic carboxylic acids is 1. The number of carbonyl (C=O) groups is 1. The summed E-state index contributed by atoms with van der Waals surface area (Å²) in [6, 6.07) is 13.6. The summed E-state index contributed by atoms with van der Waals surface area (Å²) < 4.78 is 21.1. The number of aromatic nitrogens is 2. The van der Waals surface area contributed by atoms with Gasteiger partial charge in [-0.3, -0.25) is 0 Å². The number of fused-ring (bicyclic) bond motifs is 1. The van der Waals surface area contributed by atoms with Crippen LogP contribution in [0.2, 0.25) is 5.02 Å². The van der Waals surface area contributed by atoms with Gasteiger partial charge in [-0.05, 0) is 73.6 Å². The largest absolute Gasteiger partial charge is 0.477 e. The first-order chi connectivity index (χ1) is 14.3. The van der Waals surface area contributed by atoms with Crippen LogP contribution in [0.1, 0.15) is 17.0 Å². The van der Waals surface area contributed by atoms with Crippen LogP contribution in [0.4, 0.5) is 4.39 Å². The van der Waals surface area contributed by atoms with Gasteiger partial charge in [0.25, 0.3) is 5.22 Å². The molecule has 0 saturated heterocycles. The molecule has 0 radical (unpaired) electrons. The number of oxazole rings is 1. The van der Waals surface area contributed by atoms with E-state index in [4.69, 9.17) is 16.0 Å². The van der Waals surface area contributed by atoms with Crippen LogP contribution >= 0.6 is 23.4 Å². The van der Waals surface area contributed by atoms with Crippen molar-refractivity contribution in [3.63, 3.8) is 0 Å². The molecule has 0 bridgehead atoms. The van der Waals surface area contributed by atoms with Crippen LogP contribution in [-0.2, 0) is 4.79 Å². The highest BCUT2D eigenvalue weighted by Crippen LogP contribution is 2.32. The number of carboxylic acid groups (broad SMARTS) is 1. The Kier molecular flexibility index (Phi) is 5.40. The van der Waals surface area contributed by atoms with E-state index in [2.05, 4.69) is 4.98 Å². The molecule has 5 nitrogen and oxygen atoms in total. The molecule has 2 heterocycles. The number of hydrogen-bond acceptors (Lipinski definition) is 4. The Morgan fingerprint density at radius 1 is 1.23 bits per heavy atom. The third-order valence-corrected chi connectivity index (χ3v) is 5.75. The first kappa shape index (κ1) is 20.3. The van der Waals surface area contributed by atoms with Crippen LogP contribution in [0.3, 0.4) is 0 Å². The molecule has 30 heavy (non-hydrogen) atoms. The minimum atomic E-state index is -1.09. The molecule has 4 aromatic rings. The van der Waals surface area contributed by atoms with Gasteiger partial charge in [0.2, 0.25) is 0 Å². The minimum Gasteiger partial charge on any atom is -0.477 e. The molecule has 152 valence electrons. The van der Waals surface area contributed by atoms with Crippen LogP contribution in [0.25, 0.3) is 22.9 Å². The number of nitrogens with zero attached hydrogens (tertiary/aromatic N) is 2. The molecule has 0 fully saturated rings. The van der Waals surface area contributed by atoms with E-state index in [-0.39, 0.29) is 15.2 Å².